The van der Waals surface area contributed by atoms with Crippen molar-refractivity contribution in [2.45, 2.75) is 32.7 Å². The molecule has 0 amide bonds. The standard InChI is InChI=1S/C20H19ClFN3O/c1-20(2)8-15-18(17(26)9-20)19(12-4-3-11(22)7-13(12)21)25-14-5-6-23-10-16(14)24-15/h3-7,10,19,24-25H,8-9H2,1-2H3. The molecule has 1 aromatic carbocycles. The number of benzene rings is 1. The quantitative estimate of drug-likeness (QED) is 0.732. The zero-order chi connectivity index (χ0) is 18.5. The molecule has 2 N–H and O–H groups in total. The number of allylic oxidation sites excluding steroid dienone is 1. The number of carbonyl (C=O) groups is 1. The molecule has 2 aromatic rings. The molecule has 1 aliphatic heterocycles. The maximum atomic E-state index is 13.5. The van der Waals surface area contributed by atoms with Crippen LogP contribution in [0, 0.1) is 11.2 Å². The van der Waals surface area contributed by atoms with Crippen molar-refractivity contribution in [2.75, 3.05) is 10.6 Å². The Kier molecular flexibility index (Phi) is 3.99. The van der Waals surface area contributed by atoms with Gasteiger partial charge in [0.15, 0.2) is 5.78 Å². The highest BCUT2D eigenvalue weighted by Gasteiger charge is 2.39. The first kappa shape index (κ1) is 17.0. The number of pyridine rings is 1. The largest absolute Gasteiger partial charge is 0.372 e. The fourth-order valence-electron chi connectivity index (χ4n) is 3.76. The lowest BCUT2D eigenvalue weighted by molar-refractivity contribution is -0.118. The summed E-state index contributed by atoms with van der Waals surface area (Å²) in [5.41, 5.74) is 3.72. The van der Waals surface area contributed by atoms with E-state index >= 15 is 0 Å². The molecule has 1 aliphatic carbocycles. The molecule has 1 unspecified atom stereocenters. The summed E-state index contributed by atoms with van der Waals surface area (Å²) in [7, 11) is 0. The SMILES string of the molecule is CC1(C)CC(=O)C2=C(C1)Nc1cnccc1NC2c1ccc(F)cc1Cl. The summed E-state index contributed by atoms with van der Waals surface area (Å²) in [6.07, 6.45) is 4.61. The molecule has 0 spiro atoms. The predicted molar refractivity (Wildman–Crippen MR) is 101 cm³/mol. The molecule has 6 heteroatoms. The van der Waals surface area contributed by atoms with Gasteiger partial charge in [-0.05, 0) is 35.6 Å². The summed E-state index contributed by atoms with van der Waals surface area (Å²) >= 11 is 6.33. The van der Waals surface area contributed by atoms with E-state index in [1.807, 2.05) is 6.07 Å². The molecule has 1 aromatic heterocycles. The zero-order valence-electron chi connectivity index (χ0n) is 14.6. The number of hydrogen-bond acceptors (Lipinski definition) is 4. The minimum atomic E-state index is -0.446. The summed E-state index contributed by atoms with van der Waals surface area (Å²) in [4.78, 5) is 17.2. The highest BCUT2D eigenvalue weighted by atomic mass is 35.5. The average Bonchev–Trinajstić information content (AvgIpc) is 2.69. The van der Waals surface area contributed by atoms with E-state index in [2.05, 4.69) is 29.5 Å². The summed E-state index contributed by atoms with van der Waals surface area (Å²) in [5, 5.41) is 7.10. The molecule has 0 saturated carbocycles. The number of ketones is 1. The minimum absolute atomic E-state index is 0.0717. The fraction of sp³-hybridized carbons (Fsp3) is 0.300. The second kappa shape index (κ2) is 6.09. The molecule has 0 bridgehead atoms. The first-order chi connectivity index (χ1) is 12.3. The van der Waals surface area contributed by atoms with Crippen molar-refractivity contribution in [3.05, 3.63) is 64.3 Å². The fourth-order valence-corrected chi connectivity index (χ4v) is 4.04. The van der Waals surface area contributed by atoms with Gasteiger partial charge < -0.3 is 10.6 Å². The van der Waals surface area contributed by atoms with E-state index in [4.69, 9.17) is 11.6 Å². The molecule has 1 atom stereocenters. The van der Waals surface area contributed by atoms with Crippen molar-refractivity contribution in [1.29, 1.82) is 0 Å². The second-order valence-corrected chi connectivity index (χ2v) is 8.03. The number of Topliss-reactive ketones (excluding diaryl/α,β-unsaturated/α-hetero) is 1. The number of fused-ring (bicyclic) bond motifs is 1. The van der Waals surface area contributed by atoms with Gasteiger partial charge in [-0.3, -0.25) is 9.78 Å². The van der Waals surface area contributed by atoms with Gasteiger partial charge in [0.2, 0.25) is 0 Å². The van der Waals surface area contributed by atoms with Gasteiger partial charge in [-0.1, -0.05) is 31.5 Å². The van der Waals surface area contributed by atoms with Gasteiger partial charge in [0.25, 0.3) is 0 Å². The first-order valence-electron chi connectivity index (χ1n) is 8.53. The maximum Gasteiger partial charge on any atom is 0.163 e. The van der Waals surface area contributed by atoms with Crippen LogP contribution in [0.5, 0.6) is 0 Å². The van der Waals surface area contributed by atoms with Crippen LogP contribution in [0.25, 0.3) is 0 Å². The third-order valence-electron chi connectivity index (χ3n) is 4.89. The molecule has 0 saturated heterocycles. The summed E-state index contributed by atoms with van der Waals surface area (Å²) in [6.45, 7) is 4.16. The van der Waals surface area contributed by atoms with Crippen molar-refractivity contribution in [1.82, 2.24) is 4.98 Å². The molecule has 26 heavy (non-hydrogen) atoms. The van der Waals surface area contributed by atoms with Crippen LogP contribution < -0.4 is 10.6 Å². The third-order valence-corrected chi connectivity index (χ3v) is 5.22. The van der Waals surface area contributed by atoms with Gasteiger partial charge in [-0.15, -0.1) is 0 Å². The smallest absolute Gasteiger partial charge is 0.163 e. The van der Waals surface area contributed by atoms with Crippen molar-refractivity contribution in [2.24, 2.45) is 5.41 Å². The Labute approximate surface area is 156 Å². The number of carbonyl (C=O) groups excluding carboxylic acids is 1. The van der Waals surface area contributed by atoms with Crippen LogP contribution in [-0.4, -0.2) is 10.8 Å². The predicted octanol–water partition coefficient (Wildman–Crippen LogP) is 5.10. The first-order valence-corrected chi connectivity index (χ1v) is 8.91. The van der Waals surface area contributed by atoms with Crippen molar-refractivity contribution in [3.63, 3.8) is 0 Å². The van der Waals surface area contributed by atoms with Crippen LogP contribution in [0.15, 0.2) is 47.9 Å². The molecule has 134 valence electrons. The number of halogens is 2. The topological polar surface area (TPSA) is 54.0 Å². The molecule has 4 rings (SSSR count). The van der Waals surface area contributed by atoms with Crippen molar-refractivity contribution >= 4 is 28.8 Å². The van der Waals surface area contributed by atoms with E-state index in [0.29, 0.717) is 22.6 Å². The van der Waals surface area contributed by atoms with E-state index < -0.39 is 11.9 Å². The van der Waals surface area contributed by atoms with Crippen LogP contribution in [0.3, 0.4) is 0 Å². The summed E-state index contributed by atoms with van der Waals surface area (Å²) in [6, 6.07) is 5.69. The van der Waals surface area contributed by atoms with Gasteiger partial charge in [-0.25, -0.2) is 4.39 Å². The highest BCUT2D eigenvalue weighted by Crippen LogP contribution is 2.46. The molecular formula is C20H19ClFN3O. The molecule has 0 fully saturated rings. The Bertz CT molecular complexity index is 938. The van der Waals surface area contributed by atoms with Gasteiger partial charge in [0.05, 0.1) is 23.6 Å². The van der Waals surface area contributed by atoms with Gasteiger partial charge >= 0.3 is 0 Å². The van der Waals surface area contributed by atoms with E-state index in [-0.39, 0.29) is 11.2 Å². The summed E-state index contributed by atoms with van der Waals surface area (Å²) in [5.74, 6) is -0.331. The Morgan fingerprint density at radius 1 is 1.23 bits per heavy atom. The van der Waals surface area contributed by atoms with Crippen LogP contribution in [0.4, 0.5) is 15.8 Å². The number of rotatable bonds is 1. The lowest BCUT2D eigenvalue weighted by Crippen LogP contribution is -2.31. The number of aromatic nitrogens is 1. The normalized spacial score (nSPS) is 21.2. The lowest BCUT2D eigenvalue weighted by atomic mass is 9.73. The number of nitrogens with zero attached hydrogens (tertiary/aromatic N) is 1. The van der Waals surface area contributed by atoms with E-state index in [9.17, 15) is 9.18 Å². The van der Waals surface area contributed by atoms with E-state index in [1.165, 1.54) is 12.1 Å². The third kappa shape index (κ3) is 2.97. The number of nitrogens with one attached hydrogen (secondary N) is 2. The van der Waals surface area contributed by atoms with Crippen molar-refractivity contribution < 1.29 is 9.18 Å². The van der Waals surface area contributed by atoms with Crippen molar-refractivity contribution in [3.8, 4) is 0 Å². The monoisotopic (exact) mass is 371 g/mol. The number of anilines is 2. The maximum absolute atomic E-state index is 13.5. The molecule has 2 aliphatic rings. The van der Waals surface area contributed by atoms with Crippen LogP contribution >= 0.6 is 11.6 Å². The second-order valence-electron chi connectivity index (χ2n) is 7.62. The minimum Gasteiger partial charge on any atom is -0.372 e. The lowest BCUT2D eigenvalue weighted by Gasteiger charge is -2.34. The molecule has 4 nitrogen and oxygen atoms in total. The Balaban J connectivity index is 1.91. The summed E-state index contributed by atoms with van der Waals surface area (Å²) < 4.78 is 13.5. The Morgan fingerprint density at radius 2 is 2.04 bits per heavy atom. The van der Waals surface area contributed by atoms with E-state index in [1.54, 1.807) is 18.5 Å². The molecule has 0 radical (unpaired) electrons. The van der Waals surface area contributed by atoms with E-state index in [0.717, 1.165) is 23.5 Å². The van der Waals surface area contributed by atoms with Gasteiger partial charge in [0.1, 0.15) is 5.82 Å². The number of hydrogen-bond donors (Lipinski definition) is 2. The van der Waals surface area contributed by atoms with Gasteiger partial charge in [-0.2, -0.15) is 0 Å². The Morgan fingerprint density at radius 3 is 2.81 bits per heavy atom. The molecular weight excluding hydrogens is 353 g/mol. The molecule has 2 heterocycles. The average molecular weight is 372 g/mol. The van der Waals surface area contributed by atoms with Crippen LogP contribution in [0.1, 0.15) is 38.3 Å². The van der Waals surface area contributed by atoms with Crippen LogP contribution in [-0.2, 0) is 4.79 Å². The van der Waals surface area contributed by atoms with Crippen LogP contribution in [0.2, 0.25) is 5.02 Å². The Hall–Kier alpha value is -2.40. The highest BCUT2D eigenvalue weighted by molar-refractivity contribution is 6.31. The van der Waals surface area contributed by atoms with Gasteiger partial charge in [0, 0.05) is 28.9 Å². The zero-order valence-corrected chi connectivity index (χ0v) is 15.3.